The molecular weight excluding hydrogens is 858 g/mol. The zero-order valence-corrected chi connectivity index (χ0v) is 33.1. The minimum absolute atomic E-state index is 0. The van der Waals surface area contributed by atoms with Crippen molar-refractivity contribution in [1.82, 2.24) is 14.5 Å². The quantitative estimate of drug-likeness (QED) is 0.156. The molecule has 4 nitrogen and oxygen atoms in total. The molecule has 275 valence electrons. The summed E-state index contributed by atoms with van der Waals surface area (Å²) in [5.74, 6) is -1.18. The normalized spacial score (nSPS) is 13.2. The summed E-state index contributed by atoms with van der Waals surface area (Å²) in [4.78, 5) is 9.39. The summed E-state index contributed by atoms with van der Waals surface area (Å²) in [5, 5.41) is 1.70. The molecule has 6 aromatic carbocycles. The summed E-state index contributed by atoms with van der Waals surface area (Å²) in [6.07, 6.45) is 1.69. The second-order valence-electron chi connectivity index (χ2n) is 13.6. The fourth-order valence-corrected chi connectivity index (χ4v) is 6.88. The summed E-state index contributed by atoms with van der Waals surface area (Å²) >= 11 is 0. The van der Waals surface area contributed by atoms with Crippen molar-refractivity contribution in [3.05, 3.63) is 174 Å². The molecule has 9 aromatic rings. The fraction of sp³-hybridized carbons (Fsp3) is 0.143. The van der Waals surface area contributed by atoms with Crippen molar-refractivity contribution < 1.29 is 35.8 Å². The van der Waals surface area contributed by atoms with Crippen LogP contribution in [-0.2, 0) is 20.1 Å². The third kappa shape index (κ3) is 7.41. The maximum Gasteiger partial charge on any atom is 0.123 e. The molecule has 3 heterocycles. The first-order valence-corrected chi connectivity index (χ1v) is 17.8. The topological polar surface area (TPSA) is 43.9 Å². The van der Waals surface area contributed by atoms with Crippen LogP contribution >= 0.6 is 0 Å². The van der Waals surface area contributed by atoms with Crippen LogP contribution in [0, 0.1) is 24.8 Å². The van der Waals surface area contributed by atoms with Crippen LogP contribution in [0.2, 0.25) is 0 Å². The van der Waals surface area contributed by atoms with Crippen molar-refractivity contribution >= 4 is 33.0 Å². The van der Waals surface area contributed by atoms with Gasteiger partial charge in [-0.25, -0.2) is 4.39 Å². The third-order valence-corrected chi connectivity index (χ3v) is 9.47. The molecule has 6 heteroatoms. The van der Waals surface area contributed by atoms with E-state index in [-0.39, 0.29) is 31.5 Å². The van der Waals surface area contributed by atoms with Crippen LogP contribution in [0.25, 0.3) is 72.4 Å². The summed E-state index contributed by atoms with van der Waals surface area (Å²) in [7, 11) is 0. The molecule has 55 heavy (non-hydrogen) atoms. The number of nitrogens with zero attached hydrogens (tertiary/aromatic N) is 3. The molecule has 0 atom stereocenters. The number of fused-ring (bicyclic) bond motifs is 4. The van der Waals surface area contributed by atoms with Crippen molar-refractivity contribution in [2.24, 2.45) is 0 Å². The van der Waals surface area contributed by atoms with Gasteiger partial charge in [-0.1, -0.05) is 99.3 Å². The summed E-state index contributed by atoms with van der Waals surface area (Å²) in [5.41, 5.74) is 9.79. The van der Waals surface area contributed by atoms with E-state index in [2.05, 4.69) is 21.7 Å². The maximum absolute atomic E-state index is 13.3. The molecule has 0 unspecified atom stereocenters. The Morgan fingerprint density at radius 1 is 0.745 bits per heavy atom. The van der Waals surface area contributed by atoms with E-state index < -0.39 is 18.6 Å². The number of benzene rings is 6. The molecule has 0 amide bonds. The SMILES string of the molecule is [2H]C(C)(C)c1cccc(C([2H])(C)C)c1-n1c(-c2[c-]cccc2)nc2ccccc21.[2H]C([2H])([2H])c1ccc2c(c1)oc1c(-c3cc(-c4ccc(F)cc4)ccn3)[c-]ccc12.[Ir]. The van der Waals surface area contributed by atoms with Gasteiger partial charge in [-0.15, -0.1) is 54.1 Å². The van der Waals surface area contributed by atoms with Crippen molar-refractivity contribution in [1.29, 1.82) is 0 Å². The first-order chi connectivity index (χ1) is 28.1. The fourth-order valence-electron chi connectivity index (χ4n) is 6.88. The maximum atomic E-state index is 13.3. The molecular formula is C49H40FIrN3O-2. The number of aromatic nitrogens is 3. The molecule has 0 aliphatic rings. The van der Waals surface area contributed by atoms with Gasteiger partial charge in [0.2, 0.25) is 0 Å². The standard InChI is InChI=1S/C25H25N2.C24H15FNO.Ir/c1-17(2)20-13-10-14-21(18(3)4)24(20)27-23-16-9-8-15-22(23)26-25(27)19-11-6-5-7-12-19;1-15-5-10-19-20-3-2-4-21(24(20)27-23(19)13-15)22-14-17(11-12-26-22)16-6-8-18(25)9-7-16;/h5-11,13-18H,1-4H3;2-3,5-14H,1H3;/q2*-1;/i17D,18D;1D3;. The predicted octanol–water partition coefficient (Wildman–Crippen LogP) is 13.3. The van der Waals surface area contributed by atoms with Gasteiger partial charge in [-0.05, 0) is 88.5 Å². The number of aryl methyl sites for hydroxylation is 1. The number of rotatable bonds is 6. The van der Waals surface area contributed by atoms with Gasteiger partial charge in [0.1, 0.15) is 11.4 Å². The molecule has 0 fully saturated rings. The monoisotopic (exact) mass is 903 g/mol. The van der Waals surface area contributed by atoms with Crippen LogP contribution in [-0.4, -0.2) is 14.5 Å². The van der Waals surface area contributed by atoms with E-state index in [1.54, 1.807) is 42.6 Å². The van der Waals surface area contributed by atoms with Gasteiger partial charge in [0, 0.05) is 44.2 Å². The predicted molar refractivity (Wildman–Crippen MR) is 219 cm³/mol. The first-order valence-electron chi connectivity index (χ1n) is 20.3. The number of halogens is 1. The van der Waals surface area contributed by atoms with E-state index in [0.717, 1.165) is 61.1 Å². The van der Waals surface area contributed by atoms with E-state index in [9.17, 15) is 4.39 Å². The van der Waals surface area contributed by atoms with Crippen molar-refractivity contribution in [3.63, 3.8) is 0 Å². The Labute approximate surface area is 342 Å². The second kappa shape index (κ2) is 16.0. The molecule has 0 saturated heterocycles. The van der Waals surface area contributed by atoms with E-state index in [4.69, 9.17) is 16.3 Å². The Morgan fingerprint density at radius 3 is 2.24 bits per heavy atom. The molecule has 3 aromatic heterocycles. The first kappa shape index (κ1) is 31.6. The van der Waals surface area contributed by atoms with E-state index in [1.165, 1.54) is 12.1 Å². The molecule has 0 saturated carbocycles. The second-order valence-corrected chi connectivity index (χ2v) is 13.6. The summed E-state index contributed by atoms with van der Waals surface area (Å²) < 4.78 is 61.9. The van der Waals surface area contributed by atoms with Crippen LogP contribution in [0.3, 0.4) is 0 Å². The number of para-hydroxylation sites is 3. The van der Waals surface area contributed by atoms with Crippen molar-refractivity contribution in [2.75, 3.05) is 0 Å². The van der Waals surface area contributed by atoms with Gasteiger partial charge >= 0.3 is 0 Å². The zero-order chi connectivity index (χ0) is 41.7. The number of hydrogen-bond donors (Lipinski definition) is 0. The van der Waals surface area contributed by atoms with E-state index >= 15 is 0 Å². The number of imidazole rings is 1. The minimum Gasteiger partial charge on any atom is -0.501 e. The average molecular weight is 903 g/mol. The Bertz CT molecular complexity index is 2930. The van der Waals surface area contributed by atoms with Gasteiger partial charge in [0.05, 0.1) is 22.4 Å². The zero-order valence-electron chi connectivity index (χ0n) is 35.7. The Balaban J connectivity index is 0.000000179. The molecule has 0 aliphatic heterocycles. The number of hydrogen-bond acceptors (Lipinski definition) is 3. The van der Waals surface area contributed by atoms with Crippen molar-refractivity contribution in [3.8, 4) is 39.5 Å². The molecule has 0 bridgehead atoms. The molecule has 9 rings (SSSR count). The van der Waals surface area contributed by atoms with E-state index in [1.807, 2.05) is 113 Å². The average Bonchev–Trinajstić information content (AvgIpc) is 3.79. The van der Waals surface area contributed by atoms with Gasteiger partial charge in [-0.2, -0.15) is 0 Å². The largest absolute Gasteiger partial charge is 0.501 e. The van der Waals surface area contributed by atoms with Crippen LogP contribution in [0.5, 0.6) is 0 Å². The van der Waals surface area contributed by atoms with Crippen LogP contribution < -0.4 is 0 Å². The van der Waals surface area contributed by atoms with Gasteiger partial charge in [0.15, 0.2) is 0 Å². The van der Waals surface area contributed by atoms with E-state index in [0.29, 0.717) is 22.4 Å². The van der Waals surface area contributed by atoms with Crippen LogP contribution in [0.15, 0.2) is 144 Å². The number of pyridine rings is 1. The Kier molecular flexibility index (Phi) is 9.19. The Morgan fingerprint density at radius 2 is 1.51 bits per heavy atom. The molecule has 0 N–H and O–H groups in total. The van der Waals surface area contributed by atoms with Gasteiger partial charge < -0.3 is 14.0 Å². The molecule has 1 radical (unpaired) electrons. The molecule has 0 spiro atoms. The molecule has 0 aliphatic carbocycles. The minimum atomic E-state index is -2.20. The summed E-state index contributed by atoms with van der Waals surface area (Å²) in [6.45, 7) is 5.35. The van der Waals surface area contributed by atoms with Gasteiger partial charge in [-0.3, -0.25) is 4.98 Å². The van der Waals surface area contributed by atoms with Gasteiger partial charge in [0.25, 0.3) is 0 Å². The summed E-state index contributed by atoms with van der Waals surface area (Å²) in [6, 6.07) is 46.9. The smallest absolute Gasteiger partial charge is 0.123 e. The Hall–Kier alpha value is -5.68. The third-order valence-electron chi connectivity index (χ3n) is 9.47. The number of furan rings is 1. The van der Waals surface area contributed by atoms with Crippen LogP contribution in [0.4, 0.5) is 4.39 Å². The van der Waals surface area contributed by atoms with Crippen molar-refractivity contribution in [2.45, 2.75) is 46.3 Å². The van der Waals surface area contributed by atoms with Crippen LogP contribution in [0.1, 0.15) is 63.0 Å².